The van der Waals surface area contributed by atoms with E-state index in [4.69, 9.17) is 4.99 Å². The molecule has 0 amide bonds. The molecule has 0 spiro atoms. The molecule has 0 aliphatic heterocycles. The van der Waals surface area contributed by atoms with E-state index in [-0.39, 0.29) is 17.5 Å². The molecule has 0 aliphatic rings. The van der Waals surface area contributed by atoms with E-state index in [1.165, 1.54) is 35.6 Å². The number of non-ortho nitro benzene ring substituents is 1. The van der Waals surface area contributed by atoms with Crippen LogP contribution in [0, 0.1) is 21.8 Å². The summed E-state index contributed by atoms with van der Waals surface area (Å²) < 4.78 is 15.5. The summed E-state index contributed by atoms with van der Waals surface area (Å²) in [7, 11) is 0. The third kappa shape index (κ3) is 5.42. The maximum atomic E-state index is 13.3. The molecule has 0 bridgehead atoms. The summed E-state index contributed by atoms with van der Waals surface area (Å²) in [5.41, 5.74) is 2.65. The van der Waals surface area contributed by atoms with Gasteiger partial charge in [-0.05, 0) is 61.2 Å². The van der Waals surface area contributed by atoms with E-state index < -0.39 is 4.92 Å². The summed E-state index contributed by atoms with van der Waals surface area (Å²) >= 11 is 1.52. The van der Waals surface area contributed by atoms with Gasteiger partial charge < -0.3 is 4.57 Å². The third-order valence-electron chi connectivity index (χ3n) is 5.01. The average Bonchev–Trinajstić information content (AvgIpc) is 3.13. The van der Waals surface area contributed by atoms with Crippen LogP contribution in [0.25, 0.3) is 11.3 Å². The number of halogens is 1. The lowest BCUT2D eigenvalue weighted by atomic mass is 10.0. The van der Waals surface area contributed by atoms with Gasteiger partial charge in [-0.25, -0.2) is 9.38 Å². The maximum absolute atomic E-state index is 13.3. The van der Waals surface area contributed by atoms with Gasteiger partial charge in [-0.1, -0.05) is 26.7 Å². The minimum absolute atomic E-state index is 0.0711. The lowest BCUT2D eigenvalue weighted by Gasteiger charge is -2.18. The van der Waals surface area contributed by atoms with Crippen molar-refractivity contribution in [3.63, 3.8) is 0 Å². The molecule has 30 heavy (non-hydrogen) atoms. The molecular weight excluding hydrogens is 401 g/mol. The number of hydrogen-bond donors (Lipinski definition) is 0. The molecule has 0 saturated carbocycles. The summed E-state index contributed by atoms with van der Waals surface area (Å²) in [6, 6.07) is 12.9. The summed E-state index contributed by atoms with van der Waals surface area (Å²) in [5, 5.41) is 13.0. The highest BCUT2D eigenvalue weighted by Crippen LogP contribution is 2.28. The Hall–Kier alpha value is -2.80. The molecule has 0 N–H and O–H groups in total. The fraction of sp³-hybridized carbons (Fsp3) is 0.348. The third-order valence-corrected chi connectivity index (χ3v) is 5.85. The van der Waals surface area contributed by atoms with Crippen molar-refractivity contribution in [3.05, 3.63) is 74.6 Å². The molecule has 0 radical (unpaired) electrons. The lowest BCUT2D eigenvalue weighted by Crippen LogP contribution is -2.20. The SMILES string of the molecule is CC(C)CCCC(C)n1c(-c2ccc([N+](=O)[O-])cc2)csc1=Nc1ccc(F)cc1. The number of nitro groups is 1. The number of benzene rings is 2. The monoisotopic (exact) mass is 427 g/mol. The highest BCUT2D eigenvalue weighted by molar-refractivity contribution is 7.07. The summed E-state index contributed by atoms with van der Waals surface area (Å²) in [6.45, 7) is 6.62. The van der Waals surface area contributed by atoms with E-state index in [9.17, 15) is 14.5 Å². The Morgan fingerprint density at radius 1 is 1.07 bits per heavy atom. The number of rotatable bonds is 8. The zero-order chi connectivity index (χ0) is 21.7. The zero-order valence-corrected chi connectivity index (χ0v) is 18.2. The smallest absolute Gasteiger partial charge is 0.269 e. The van der Waals surface area contributed by atoms with Gasteiger partial charge in [-0.15, -0.1) is 11.3 Å². The molecule has 2 aromatic carbocycles. The number of nitrogens with zero attached hydrogens (tertiary/aromatic N) is 3. The Kier molecular flexibility index (Phi) is 7.15. The first kappa shape index (κ1) is 21.9. The van der Waals surface area contributed by atoms with E-state index in [0.29, 0.717) is 11.6 Å². The second-order valence-electron chi connectivity index (χ2n) is 7.84. The summed E-state index contributed by atoms with van der Waals surface area (Å²) in [4.78, 5) is 16.2. The van der Waals surface area contributed by atoms with Crippen LogP contribution in [-0.2, 0) is 0 Å². The second-order valence-corrected chi connectivity index (χ2v) is 8.68. The van der Waals surface area contributed by atoms with Gasteiger partial charge in [-0.2, -0.15) is 0 Å². The van der Waals surface area contributed by atoms with Crippen molar-refractivity contribution < 1.29 is 9.31 Å². The molecule has 158 valence electrons. The van der Waals surface area contributed by atoms with Crippen LogP contribution < -0.4 is 4.80 Å². The predicted molar refractivity (Wildman–Crippen MR) is 119 cm³/mol. The van der Waals surface area contributed by atoms with Crippen molar-refractivity contribution in [1.29, 1.82) is 0 Å². The molecule has 0 aliphatic carbocycles. The van der Waals surface area contributed by atoms with Crippen LogP contribution in [0.2, 0.25) is 0 Å². The first-order valence-corrected chi connectivity index (χ1v) is 11.0. The Morgan fingerprint density at radius 2 is 1.73 bits per heavy atom. The molecule has 5 nitrogen and oxygen atoms in total. The van der Waals surface area contributed by atoms with Crippen molar-refractivity contribution in [3.8, 4) is 11.3 Å². The molecule has 3 aromatic rings. The second kappa shape index (κ2) is 9.80. The summed E-state index contributed by atoms with van der Waals surface area (Å²) in [6.07, 6.45) is 3.27. The van der Waals surface area contributed by atoms with Gasteiger partial charge >= 0.3 is 0 Å². The first-order valence-electron chi connectivity index (χ1n) is 10.1. The van der Waals surface area contributed by atoms with Gasteiger partial charge in [0.1, 0.15) is 5.82 Å². The van der Waals surface area contributed by atoms with Crippen molar-refractivity contribution in [1.82, 2.24) is 4.57 Å². The molecular formula is C23H26FN3O2S. The molecule has 7 heteroatoms. The Balaban J connectivity index is 2.02. The minimum atomic E-state index is -0.394. The average molecular weight is 428 g/mol. The van der Waals surface area contributed by atoms with Crippen molar-refractivity contribution in [2.75, 3.05) is 0 Å². The quantitative estimate of drug-likeness (QED) is 0.290. The summed E-state index contributed by atoms with van der Waals surface area (Å²) in [5.74, 6) is 0.365. The Morgan fingerprint density at radius 3 is 2.33 bits per heavy atom. The van der Waals surface area contributed by atoms with E-state index in [1.54, 1.807) is 24.3 Å². The van der Waals surface area contributed by atoms with Gasteiger partial charge in [-0.3, -0.25) is 10.1 Å². The van der Waals surface area contributed by atoms with Gasteiger partial charge in [0.15, 0.2) is 4.80 Å². The largest absolute Gasteiger partial charge is 0.314 e. The number of hydrogen-bond acceptors (Lipinski definition) is 4. The van der Waals surface area contributed by atoms with E-state index in [1.807, 2.05) is 5.38 Å². The van der Waals surface area contributed by atoms with Crippen LogP contribution in [0.1, 0.15) is 46.1 Å². The molecule has 1 atom stereocenters. The molecule has 1 aromatic heterocycles. The molecule has 0 fully saturated rings. The Labute approximate surface area is 179 Å². The fourth-order valence-corrected chi connectivity index (χ4v) is 4.39. The van der Waals surface area contributed by atoms with Crippen molar-refractivity contribution in [2.24, 2.45) is 10.9 Å². The lowest BCUT2D eigenvalue weighted by molar-refractivity contribution is -0.384. The van der Waals surface area contributed by atoms with Crippen LogP contribution in [0.5, 0.6) is 0 Å². The number of nitro benzene ring substituents is 1. The van der Waals surface area contributed by atoms with Crippen molar-refractivity contribution in [2.45, 2.75) is 46.1 Å². The van der Waals surface area contributed by atoms with Gasteiger partial charge in [0.2, 0.25) is 0 Å². The molecule has 1 heterocycles. The van der Waals surface area contributed by atoms with Crippen molar-refractivity contribution >= 4 is 22.7 Å². The van der Waals surface area contributed by atoms with E-state index in [0.717, 1.165) is 35.3 Å². The molecule has 3 rings (SSSR count). The normalized spacial score (nSPS) is 13.0. The van der Waals surface area contributed by atoms with Gasteiger partial charge in [0, 0.05) is 23.6 Å². The van der Waals surface area contributed by atoms with Crippen LogP contribution in [0.4, 0.5) is 15.8 Å². The van der Waals surface area contributed by atoms with Crippen LogP contribution in [0.15, 0.2) is 58.9 Å². The highest BCUT2D eigenvalue weighted by atomic mass is 32.1. The Bertz CT molecular complexity index is 1050. The highest BCUT2D eigenvalue weighted by Gasteiger charge is 2.15. The number of aromatic nitrogens is 1. The van der Waals surface area contributed by atoms with E-state index in [2.05, 4.69) is 25.3 Å². The van der Waals surface area contributed by atoms with Gasteiger partial charge in [0.25, 0.3) is 5.69 Å². The maximum Gasteiger partial charge on any atom is 0.269 e. The fourth-order valence-electron chi connectivity index (χ4n) is 3.37. The predicted octanol–water partition coefficient (Wildman–Crippen LogP) is 6.88. The first-order chi connectivity index (χ1) is 14.3. The van der Waals surface area contributed by atoms with Crippen LogP contribution in [0.3, 0.4) is 0 Å². The minimum Gasteiger partial charge on any atom is -0.314 e. The van der Waals surface area contributed by atoms with Gasteiger partial charge in [0.05, 0.1) is 16.3 Å². The number of thiazole rings is 1. The standard InChI is InChI=1S/C23H26FN3O2S/c1-16(2)5-4-6-17(3)26-22(18-7-13-21(14-8-18)27(28)29)15-30-23(26)25-20-11-9-19(24)10-12-20/h7-17H,4-6H2,1-3H3. The zero-order valence-electron chi connectivity index (χ0n) is 17.4. The molecule has 1 unspecified atom stereocenters. The topological polar surface area (TPSA) is 60.4 Å². The van der Waals surface area contributed by atoms with Crippen LogP contribution >= 0.6 is 11.3 Å². The molecule has 0 saturated heterocycles. The van der Waals surface area contributed by atoms with Crippen LogP contribution in [-0.4, -0.2) is 9.49 Å². The van der Waals surface area contributed by atoms with E-state index >= 15 is 0 Å².